The zero-order valence-electron chi connectivity index (χ0n) is 12.2. The average Bonchev–Trinajstić information content (AvgIpc) is 2.45. The summed E-state index contributed by atoms with van der Waals surface area (Å²) in [5, 5.41) is 8.88. The van der Waals surface area contributed by atoms with E-state index in [0.717, 1.165) is 11.3 Å². The number of hydrogen-bond donors (Lipinski definition) is 0. The summed E-state index contributed by atoms with van der Waals surface area (Å²) in [4.78, 5) is 0. The minimum Gasteiger partial charge on any atom is -0.489 e. The molecule has 0 aliphatic heterocycles. The summed E-state index contributed by atoms with van der Waals surface area (Å²) in [6.45, 7) is 6.97. The van der Waals surface area contributed by atoms with Gasteiger partial charge >= 0.3 is 0 Å². The Labute approximate surface area is 120 Å². The van der Waals surface area contributed by atoms with Crippen molar-refractivity contribution in [2.45, 2.75) is 33.3 Å². The van der Waals surface area contributed by atoms with Gasteiger partial charge in [0.05, 0.1) is 11.6 Å². The zero-order valence-corrected chi connectivity index (χ0v) is 12.2. The molecule has 0 unspecified atom stereocenters. The van der Waals surface area contributed by atoms with E-state index in [2.05, 4.69) is 39.0 Å². The van der Waals surface area contributed by atoms with Gasteiger partial charge in [0.25, 0.3) is 0 Å². The van der Waals surface area contributed by atoms with Crippen LogP contribution in [0.1, 0.15) is 42.0 Å². The first-order chi connectivity index (χ1) is 9.60. The predicted molar refractivity (Wildman–Crippen MR) is 80.8 cm³/mol. The lowest BCUT2D eigenvalue weighted by atomic mass is 9.98. The Kier molecular flexibility index (Phi) is 4.42. The Morgan fingerprint density at radius 2 is 1.95 bits per heavy atom. The Morgan fingerprint density at radius 3 is 2.60 bits per heavy atom. The molecule has 0 fully saturated rings. The number of nitriles is 1. The third kappa shape index (κ3) is 3.39. The molecule has 0 saturated heterocycles. The molecular formula is C18H19NO. The highest BCUT2D eigenvalue weighted by Crippen LogP contribution is 2.24. The van der Waals surface area contributed by atoms with Gasteiger partial charge in [-0.05, 0) is 53.8 Å². The van der Waals surface area contributed by atoms with E-state index in [1.165, 1.54) is 11.1 Å². The van der Waals surface area contributed by atoms with Crippen molar-refractivity contribution in [2.75, 3.05) is 0 Å². The van der Waals surface area contributed by atoms with Crippen molar-refractivity contribution in [1.29, 1.82) is 5.26 Å². The third-order valence-corrected chi connectivity index (χ3v) is 3.32. The number of hydrogen-bond acceptors (Lipinski definition) is 2. The van der Waals surface area contributed by atoms with E-state index in [0.29, 0.717) is 18.1 Å². The molecule has 2 aromatic carbocycles. The van der Waals surface area contributed by atoms with Crippen molar-refractivity contribution in [3.05, 3.63) is 64.7 Å². The van der Waals surface area contributed by atoms with Crippen molar-refractivity contribution in [3.63, 3.8) is 0 Å². The molecule has 2 aromatic rings. The first-order valence-electron chi connectivity index (χ1n) is 6.82. The van der Waals surface area contributed by atoms with E-state index in [9.17, 15) is 0 Å². The van der Waals surface area contributed by atoms with Gasteiger partial charge in [-0.2, -0.15) is 5.26 Å². The topological polar surface area (TPSA) is 33.0 Å². The van der Waals surface area contributed by atoms with Crippen LogP contribution in [0, 0.1) is 18.3 Å². The molecule has 0 aliphatic rings. The summed E-state index contributed by atoms with van der Waals surface area (Å²) in [7, 11) is 0. The van der Waals surface area contributed by atoms with Gasteiger partial charge in [-0.15, -0.1) is 0 Å². The highest BCUT2D eigenvalue weighted by Gasteiger charge is 2.05. The van der Waals surface area contributed by atoms with Crippen molar-refractivity contribution in [3.8, 4) is 11.8 Å². The molecule has 2 nitrogen and oxygen atoms in total. The Morgan fingerprint density at radius 1 is 1.15 bits per heavy atom. The van der Waals surface area contributed by atoms with E-state index >= 15 is 0 Å². The van der Waals surface area contributed by atoms with Gasteiger partial charge in [0.2, 0.25) is 0 Å². The van der Waals surface area contributed by atoms with Crippen molar-refractivity contribution < 1.29 is 4.74 Å². The smallest absolute Gasteiger partial charge is 0.120 e. The molecule has 20 heavy (non-hydrogen) atoms. The normalized spacial score (nSPS) is 10.3. The number of aryl methyl sites for hydroxylation is 1. The summed E-state index contributed by atoms with van der Waals surface area (Å²) in [5.41, 5.74) is 4.28. The average molecular weight is 265 g/mol. The Bertz CT molecular complexity index is 638. The summed E-state index contributed by atoms with van der Waals surface area (Å²) in [6, 6.07) is 15.8. The van der Waals surface area contributed by atoms with Crippen LogP contribution in [0.4, 0.5) is 0 Å². The number of benzene rings is 2. The molecule has 2 rings (SSSR count). The van der Waals surface area contributed by atoms with Gasteiger partial charge in [-0.3, -0.25) is 0 Å². The molecule has 0 amide bonds. The quantitative estimate of drug-likeness (QED) is 0.811. The van der Waals surface area contributed by atoms with Gasteiger partial charge < -0.3 is 4.74 Å². The molecule has 0 bridgehead atoms. The van der Waals surface area contributed by atoms with Crippen LogP contribution in [-0.4, -0.2) is 0 Å². The second kappa shape index (κ2) is 6.25. The molecule has 0 aromatic heterocycles. The van der Waals surface area contributed by atoms with Gasteiger partial charge in [0.15, 0.2) is 0 Å². The highest BCUT2D eigenvalue weighted by molar-refractivity contribution is 5.37. The molecule has 0 atom stereocenters. The van der Waals surface area contributed by atoms with Crippen LogP contribution in [0.15, 0.2) is 42.5 Å². The summed E-state index contributed by atoms with van der Waals surface area (Å²) in [5.74, 6) is 1.39. The van der Waals surface area contributed by atoms with Crippen LogP contribution in [0.3, 0.4) is 0 Å². The monoisotopic (exact) mass is 265 g/mol. The fourth-order valence-corrected chi connectivity index (χ4v) is 2.28. The summed E-state index contributed by atoms with van der Waals surface area (Å²) in [6.07, 6.45) is 0. The van der Waals surface area contributed by atoms with Gasteiger partial charge in [0.1, 0.15) is 12.4 Å². The first-order valence-corrected chi connectivity index (χ1v) is 6.82. The lowest BCUT2D eigenvalue weighted by Crippen LogP contribution is -1.98. The van der Waals surface area contributed by atoms with Crippen LogP contribution in [0.25, 0.3) is 0 Å². The molecule has 0 N–H and O–H groups in total. The zero-order chi connectivity index (χ0) is 14.5. The fraction of sp³-hybridized carbons (Fsp3) is 0.278. The fourth-order valence-electron chi connectivity index (χ4n) is 2.28. The van der Waals surface area contributed by atoms with Gasteiger partial charge in [0, 0.05) is 0 Å². The Balaban J connectivity index is 2.07. The molecule has 102 valence electrons. The van der Waals surface area contributed by atoms with Crippen molar-refractivity contribution in [2.24, 2.45) is 0 Å². The van der Waals surface area contributed by atoms with E-state index in [4.69, 9.17) is 10.00 Å². The molecular weight excluding hydrogens is 246 g/mol. The first kappa shape index (κ1) is 14.1. The Hall–Kier alpha value is -2.27. The van der Waals surface area contributed by atoms with Crippen LogP contribution < -0.4 is 4.74 Å². The van der Waals surface area contributed by atoms with Gasteiger partial charge in [-0.25, -0.2) is 0 Å². The van der Waals surface area contributed by atoms with Crippen molar-refractivity contribution in [1.82, 2.24) is 0 Å². The highest BCUT2D eigenvalue weighted by atomic mass is 16.5. The van der Waals surface area contributed by atoms with E-state index in [-0.39, 0.29) is 0 Å². The molecule has 0 spiro atoms. The minimum atomic E-state index is 0.482. The standard InChI is InChI=1S/C18H19NO/c1-13(2)18-8-7-17(9-14(18)3)20-12-16-6-4-5-15(10-16)11-19/h4-10,13H,12H2,1-3H3. The summed E-state index contributed by atoms with van der Waals surface area (Å²) < 4.78 is 5.80. The molecule has 0 aliphatic carbocycles. The lowest BCUT2D eigenvalue weighted by Gasteiger charge is -2.12. The maximum atomic E-state index is 8.88. The van der Waals surface area contributed by atoms with Gasteiger partial charge in [-0.1, -0.05) is 32.0 Å². The number of ether oxygens (including phenoxy) is 1. The minimum absolute atomic E-state index is 0.482. The molecule has 0 heterocycles. The second-order valence-corrected chi connectivity index (χ2v) is 5.27. The number of nitrogens with zero attached hydrogens (tertiary/aromatic N) is 1. The van der Waals surface area contributed by atoms with E-state index in [1.54, 1.807) is 6.07 Å². The maximum absolute atomic E-state index is 8.88. The lowest BCUT2D eigenvalue weighted by molar-refractivity contribution is 0.306. The van der Waals surface area contributed by atoms with Crippen LogP contribution in [0.5, 0.6) is 5.75 Å². The van der Waals surface area contributed by atoms with Crippen molar-refractivity contribution >= 4 is 0 Å². The SMILES string of the molecule is Cc1cc(OCc2cccc(C#N)c2)ccc1C(C)C. The molecule has 2 heteroatoms. The largest absolute Gasteiger partial charge is 0.489 e. The van der Waals surface area contributed by atoms with E-state index < -0.39 is 0 Å². The van der Waals surface area contributed by atoms with E-state index in [1.807, 2.05) is 24.3 Å². The maximum Gasteiger partial charge on any atom is 0.120 e. The summed E-state index contributed by atoms with van der Waals surface area (Å²) >= 11 is 0. The second-order valence-electron chi connectivity index (χ2n) is 5.27. The van der Waals surface area contributed by atoms with Crippen LogP contribution >= 0.6 is 0 Å². The predicted octanol–water partition coefficient (Wildman–Crippen LogP) is 4.57. The molecule has 0 saturated carbocycles. The number of rotatable bonds is 4. The molecule has 0 radical (unpaired) electrons. The van der Waals surface area contributed by atoms with Crippen LogP contribution in [0.2, 0.25) is 0 Å². The van der Waals surface area contributed by atoms with Crippen LogP contribution in [-0.2, 0) is 6.61 Å². The third-order valence-electron chi connectivity index (χ3n) is 3.32.